The van der Waals surface area contributed by atoms with Crippen LogP contribution in [0.15, 0.2) is 11.4 Å². The minimum atomic E-state index is -0.315. The molecule has 0 radical (unpaired) electrons. The van der Waals surface area contributed by atoms with Crippen LogP contribution in [0.4, 0.5) is 0 Å². The SMILES string of the molecule is CCOC(=O)c1sc2ccsc2c1CNC(=O)C1CCOC1. The molecule has 22 heavy (non-hydrogen) atoms. The van der Waals surface area contributed by atoms with Crippen molar-refractivity contribution in [2.75, 3.05) is 19.8 Å². The Morgan fingerprint density at radius 2 is 2.36 bits per heavy atom. The molecule has 1 atom stereocenters. The zero-order valence-corrected chi connectivity index (χ0v) is 13.9. The Morgan fingerprint density at radius 1 is 1.50 bits per heavy atom. The molecule has 0 aromatic carbocycles. The van der Waals surface area contributed by atoms with E-state index in [4.69, 9.17) is 9.47 Å². The number of amides is 1. The Kier molecular flexibility index (Phi) is 4.75. The van der Waals surface area contributed by atoms with Gasteiger partial charge in [0.1, 0.15) is 4.88 Å². The number of hydrogen-bond acceptors (Lipinski definition) is 6. The fourth-order valence-electron chi connectivity index (χ4n) is 2.46. The van der Waals surface area contributed by atoms with Crippen molar-refractivity contribution in [2.45, 2.75) is 19.9 Å². The molecule has 1 N–H and O–H groups in total. The normalized spacial score (nSPS) is 17.8. The van der Waals surface area contributed by atoms with E-state index in [-0.39, 0.29) is 17.8 Å². The van der Waals surface area contributed by atoms with Crippen LogP contribution in [0.3, 0.4) is 0 Å². The van der Waals surface area contributed by atoms with E-state index in [1.165, 1.54) is 11.3 Å². The molecule has 1 saturated heterocycles. The van der Waals surface area contributed by atoms with Crippen LogP contribution in [0.2, 0.25) is 0 Å². The summed E-state index contributed by atoms with van der Waals surface area (Å²) in [6, 6.07) is 1.99. The molecule has 118 valence electrons. The van der Waals surface area contributed by atoms with Crippen LogP contribution in [0.1, 0.15) is 28.6 Å². The van der Waals surface area contributed by atoms with Gasteiger partial charge in [-0.05, 0) is 24.8 Å². The van der Waals surface area contributed by atoms with Crippen molar-refractivity contribution in [2.24, 2.45) is 5.92 Å². The first-order valence-corrected chi connectivity index (χ1v) is 8.91. The Balaban J connectivity index is 1.78. The van der Waals surface area contributed by atoms with E-state index in [1.807, 2.05) is 11.4 Å². The van der Waals surface area contributed by atoms with Crippen LogP contribution >= 0.6 is 22.7 Å². The molecule has 1 unspecified atom stereocenters. The number of nitrogens with one attached hydrogen (secondary N) is 1. The van der Waals surface area contributed by atoms with Crippen molar-refractivity contribution in [3.63, 3.8) is 0 Å². The number of carbonyl (C=O) groups excluding carboxylic acids is 2. The summed E-state index contributed by atoms with van der Waals surface area (Å²) in [5.74, 6) is -0.406. The summed E-state index contributed by atoms with van der Waals surface area (Å²) in [5, 5.41) is 4.93. The van der Waals surface area contributed by atoms with Crippen LogP contribution in [-0.4, -0.2) is 31.7 Å². The maximum absolute atomic E-state index is 12.1. The highest BCUT2D eigenvalue weighted by Crippen LogP contribution is 2.35. The van der Waals surface area contributed by atoms with Crippen molar-refractivity contribution >= 4 is 43.9 Å². The monoisotopic (exact) mass is 339 g/mol. The summed E-state index contributed by atoms with van der Waals surface area (Å²) in [6.45, 7) is 3.60. The third-order valence-electron chi connectivity index (χ3n) is 3.59. The van der Waals surface area contributed by atoms with Gasteiger partial charge in [-0.1, -0.05) is 0 Å². The van der Waals surface area contributed by atoms with E-state index in [0.29, 0.717) is 31.2 Å². The number of hydrogen-bond donors (Lipinski definition) is 1. The molecule has 2 aromatic rings. The third-order valence-corrected chi connectivity index (χ3v) is 5.87. The Hall–Kier alpha value is -1.44. The number of ether oxygens (including phenoxy) is 2. The van der Waals surface area contributed by atoms with E-state index in [9.17, 15) is 9.59 Å². The lowest BCUT2D eigenvalue weighted by molar-refractivity contribution is -0.125. The van der Waals surface area contributed by atoms with Gasteiger partial charge in [0.25, 0.3) is 0 Å². The molecule has 3 rings (SSSR count). The second-order valence-electron chi connectivity index (χ2n) is 5.02. The lowest BCUT2D eigenvalue weighted by atomic mass is 10.1. The first-order valence-electron chi connectivity index (χ1n) is 7.22. The molecule has 1 aliphatic heterocycles. The van der Waals surface area contributed by atoms with Gasteiger partial charge in [0.05, 0.1) is 23.8 Å². The lowest BCUT2D eigenvalue weighted by Gasteiger charge is -2.10. The molecule has 0 aliphatic carbocycles. The minimum absolute atomic E-state index is 0.0109. The largest absolute Gasteiger partial charge is 0.462 e. The Morgan fingerprint density at radius 3 is 3.09 bits per heavy atom. The minimum Gasteiger partial charge on any atom is -0.462 e. The number of thiophene rings is 2. The molecule has 5 nitrogen and oxygen atoms in total. The number of carbonyl (C=O) groups is 2. The number of rotatable bonds is 5. The number of esters is 1. The van der Waals surface area contributed by atoms with E-state index in [1.54, 1.807) is 18.3 Å². The fourth-order valence-corrected chi connectivity index (χ4v) is 4.73. The molecule has 2 aromatic heterocycles. The average molecular weight is 339 g/mol. The van der Waals surface area contributed by atoms with Gasteiger partial charge in [-0.25, -0.2) is 4.79 Å². The predicted octanol–water partition coefficient (Wildman–Crippen LogP) is 2.79. The summed E-state index contributed by atoms with van der Waals surface area (Å²) in [4.78, 5) is 24.8. The van der Waals surface area contributed by atoms with Crippen LogP contribution in [0.25, 0.3) is 9.40 Å². The zero-order chi connectivity index (χ0) is 15.5. The van der Waals surface area contributed by atoms with E-state index in [0.717, 1.165) is 21.4 Å². The van der Waals surface area contributed by atoms with Gasteiger partial charge < -0.3 is 14.8 Å². The highest BCUT2D eigenvalue weighted by molar-refractivity contribution is 7.28. The van der Waals surface area contributed by atoms with Crippen molar-refractivity contribution in [1.82, 2.24) is 5.32 Å². The number of fused-ring (bicyclic) bond motifs is 1. The smallest absolute Gasteiger partial charge is 0.348 e. The summed E-state index contributed by atoms with van der Waals surface area (Å²) in [7, 11) is 0. The molecule has 1 amide bonds. The van der Waals surface area contributed by atoms with Gasteiger partial charge >= 0.3 is 5.97 Å². The molecule has 3 heterocycles. The molecule has 7 heteroatoms. The van der Waals surface area contributed by atoms with Crippen LogP contribution in [-0.2, 0) is 20.8 Å². The van der Waals surface area contributed by atoms with Gasteiger partial charge in [-0.3, -0.25) is 4.79 Å². The Labute approximate surface area is 136 Å². The summed E-state index contributed by atoms with van der Waals surface area (Å²) in [5.41, 5.74) is 0.862. The van der Waals surface area contributed by atoms with Gasteiger partial charge in [0, 0.05) is 23.4 Å². The van der Waals surface area contributed by atoms with E-state index >= 15 is 0 Å². The van der Waals surface area contributed by atoms with Gasteiger partial charge in [-0.2, -0.15) is 0 Å². The van der Waals surface area contributed by atoms with Crippen molar-refractivity contribution in [3.8, 4) is 0 Å². The van der Waals surface area contributed by atoms with Crippen LogP contribution < -0.4 is 5.32 Å². The molecular formula is C15H17NO4S2. The van der Waals surface area contributed by atoms with E-state index in [2.05, 4.69) is 5.32 Å². The summed E-state index contributed by atoms with van der Waals surface area (Å²) in [6.07, 6.45) is 0.759. The summed E-state index contributed by atoms with van der Waals surface area (Å²) >= 11 is 3.00. The highest BCUT2D eigenvalue weighted by atomic mass is 32.1. The first kappa shape index (κ1) is 15.5. The predicted molar refractivity (Wildman–Crippen MR) is 86.4 cm³/mol. The van der Waals surface area contributed by atoms with Gasteiger partial charge in [0.2, 0.25) is 5.91 Å². The van der Waals surface area contributed by atoms with Crippen LogP contribution in [0.5, 0.6) is 0 Å². The van der Waals surface area contributed by atoms with Gasteiger partial charge in [0.15, 0.2) is 0 Å². The van der Waals surface area contributed by atoms with Gasteiger partial charge in [-0.15, -0.1) is 22.7 Å². The zero-order valence-electron chi connectivity index (χ0n) is 12.2. The average Bonchev–Trinajstić information content (AvgIpc) is 3.21. The lowest BCUT2D eigenvalue weighted by Crippen LogP contribution is -2.30. The molecule has 1 fully saturated rings. The molecule has 0 bridgehead atoms. The topological polar surface area (TPSA) is 64.6 Å². The molecule has 1 aliphatic rings. The maximum atomic E-state index is 12.1. The Bertz CT molecular complexity index is 685. The molecular weight excluding hydrogens is 322 g/mol. The quantitative estimate of drug-likeness (QED) is 0.851. The standard InChI is InChI=1S/C15H17NO4S2/c1-2-20-15(18)13-10(12-11(22-13)4-6-21-12)7-16-14(17)9-3-5-19-8-9/h4,6,9H,2-3,5,7-8H2,1H3,(H,16,17). The summed E-state index contributed by atoms with van der Waals surface area (Å²) < 4.78 is 12.5. The third kappa shape index (κ3) is 3.02. The molecule has 0 saturated carbocycles. The van der Waals surface area contributed by atoms with E-state index < -0.39 is 0 Å². The van der Waals surface area contributed by atoms with Crippen LogP contribution in [0, 0.1) is 5.92 Å². The maximum Gasteiger partial charge on any atom is 0.348 e. The van der Waals surface area contributed by atoms with Crippen molar-refractivity contribution < 1.29 is 19.1 Å². The fraction of sp³-hybridized carbons (Fsp3) is 0.467. The second kappa shape index (κ2) is 6.76. The second-order valence-corrected chi connectivity index (χ2v) is 6.99. The van der Waals surface area contributed by atoms with Crippen molar-refractivity contribution in [1.29, 1.82) is 0 Å². The molecule has 0 spiro atoms. The van der Waals surface area contributed by atoms with Crippen molar-refractivity contribution in [3.05, 3.63) is 21.9 Å². The highest BCUT2D eigenvalue weighted by Gasteiger charge is 2.25. The first-order chi connectivity index (χ1) is 10.7.